The number of carbonyl (C=O) groups excluding carboxylic acids is 1. The number of nitrogens with one attached hydrogen (secondary N) is 2. The first-order valence-corrected chi connectivity index (χ1v) is 7.22. The van der Waals surface area contributed by atoms with Crippen molar-refractivity contribution in [3.63, 3.8) is 0 Å². The molecule has 0 radical (unpaired) electrons. The largest absolute Gasteiger partial charge is 0.496 e. The minimum absolute atomic E-state index is 0.00139. The predicted octanol–water partition coefficient (Wildman–Crippen LogP) is 2.10. The molecular weight excluding hydrogens is 280 g/mol. The zero-order valence-electron chi connectivity index (χ0n) is 12.2. The number of rotatable bonds is 2. The molecule has 3 aromatic rings. The number of amides is 1. The number of hydrogen-bond acceptors (Lipinski definition) is 3. The van der Waals surface area contributed by atoms with E-state index in [1.807, 2.05) is 29.2 Å². The molecule has 0 aliphatic carbocycles. The maximum Gasteiger partial charge on any atom is 0.270 e. The normalized spacial score (nSPS) is 14.1. The predicted molar refractivity (Wildman–Crippen MR) is 81.9 cm³/mol. The summed E-state index contributed by atoms with van der Waals surface area (Å²) in [6, 6.07) is 7.60. The Hall–Kier alpha value is -2.76. The number of nitrogens with zero attached hydrogens (tertiary/aromatic N) is 2. The van der Waals surface area contributed by atoms with Gasteiger partial charge in [-0.1, -0.05) is 6.07 Å². The van der Waals surface area contributed by atoms with E-state index in [0.29, 0.717) is 18.8 Å². The monoisotopic (exact) mass is 296 g/mol. The molecule has 1 amide bonds. The third-order valence-corrected chi connectivity index (χ3v) is 4.14. The van der Waals surface area contributed by atoms with Crippen molar-refractivity contribution in [2.24, 2.45) is 0 Å². The minimum atomic E-state index is -0.00139. The van der Waals surface area contributed by atoms with Gasteiger partial charge >= 0.3 is 0 Å². The first-order chi connectivity index (χ1) is 10.8. The van der Waals surface area contributed by atoms with Gasteiger partial charge < -0.3 is 19.6 Å². The fourth-order valence-electron chi connectivity index (χ4n) is 2.98. The number of H-pyrrole nitrogens is 2. The van der Waals surface area contributed by atoms with Gasteiger partial charge in [-0.15, -0.1) is 0 Å². The number of ether oxygens (including phenoxy) is 1. The quantitative estimate of drug-likeness (QED) is 0.760. The lowest BCUT2D eigenvalue weighted by atomic mass is 10.1. The number of carbonyl (C=O) groups is 1. The first-order valence-electron chi connectivity index (χ1n) is 7.22. The van der Waals surface area contributed by atoms with E-state index < -0.39 is 0 Å². The van der Waals surface area contributed by atoms with Crippen LogP contribution in [-0.4, -0.2) is 39.4 Å². The number of hydrogen-bond donors (Lipinski definition) is 2. The number of fused-ring (bicyclic) bond motifs is 2. The van der Waals surface area contributed by atoms with E-state index in [1.165, 1.54) is 0 Å². The van der Waals surface area contributed by atoms with Crippen LogP contribution in [0.4, 0.5) is 0 Å². The summed E-state index contributed by atoms with van der Waals surface area (Å²) in [7, 11) is 1.63. The summed E-state index contributed by atoms with van der Waals surface area (Å²) >= 11 is 0. The lowest BCUT2D eigenvalue weighted by molar-refractivity contribution is 0.0727. The Balaban J connectivity index is 1.66. The van der Waals surface area contributed by atoms with Crippen LogP contribution < -0.4 is 4.74 Å². The molecule has 2 N–H and O–H groups in total. The van der Waals surface area contributed by atoms with Crippen molar-refractivity contribution in [1.82, 2.24) is 19.9 Å². The molecule has 0 bridgehead atoms. The molecule has 22 heavy (non-hydrogen) atoms. The first kappa shape index (κ1) is 12.9. The third kappa shape index (κ3) is 1.95. The van der Waals surface area contributed by atoms with Gasteiger partial charge in [-0.3, -0.25) is 4.79 Å². The standard InChI is InChI=1S/C16H16N4O2/c1-22-15-4-2-3-11-10(15)7-13(19-11)16(21)20-6-5-12-14(8-20)18-9-17-12/h2-4,7,9,19H,5-6,8H2,1H3,(H,17,18). The van der Waals surface area contributed by atoms with Gasteiger partial charge in [0, 0.05) is 23.9 Å². The van der Waals surface area contributed by atoms with E-state index >= 15 is 0 Å². The Bertz CT molecular complexity index is 849. The SMILES string of the molecule is COc1cccc2[nH]c(C(=O)N3CCc4nc[nH]c4C3)cc12. The summed E-state index contributed by atoms with van der Waals surface area (Å²) in [6.07, 6.45) is 2.47. The molecule has 1 aliphatic rings. The molecule has 6 nitrogen and oxygen atoms in total. The summed E-state index contributed by atoms with van der Waals surface area (Å²) in [4.78, 5) is 25.1. The molecule has 0 spiro atoms. The molecular formula is C16H16N4O2. The van der Waals surface area contributed by atoms with Gasteiger partial charge in [-0.05, 0) is 18.2 Å². The van der Waals surface area contributed by atoms with E-state index in [4.69, 9.17) is 4.74 Å². The molecule has 4 rings (SSSR count). The molecule has 2 aromatic heterocycles. The van der Waals surface area contributed by atoms with Crippen molar-refractivity contribution in [3.8, 4) is 5.75 Å². The van der Waals surface area contributed by atoms with Gasteiger partial charge in [0.25, 0.3) is 5.91 Å². The molecule has 0 saturated carbocycles. The van der Waals surface area contributed by atoms with Gasteiger partial charge in [0.1, 0.15) is 11.4 Å². The molecule has 1 aliphatic heterocycles. The van der Waals surface area contributed by atoms with Crippen molar-refractivity contribution in [2.45, 2.75) is 13.0 Å². The molecule has 112 valence electrons. The van der Waals surface area contributed by atoms with Crippen LogP contribution in [0.2, 0.25) is 0 Å². The second-order valence-corrected chi connectivity index (χ2v) is 5.41. The van der Waals surface area contributed by atoms with E-state index in [9.17, 15) is 4.79 Å². The Morgan fingerprint density at radius 1 is 1.41 bits per heavy atom. The number of imidazole rings is 1. The number of aromatic amines is 2. The Morgan fingerprint density at radius 2 is 2.32 bits per heavy atom. The van der Waals surface area contributed by atoms with Crippen molar-refractivity contribution < 1.29 is 9.53 Å². The maximum atomic E-state index is 12.7. The number of aromatic nitrogens is 3. The fourth-order valence-corrected chi connectivity index (χ4v) is 2.98. The highest BCUT2D eigenvalue weighted by Crippen LogP contribution is 2.27. The molecule has 0 atom stereocenters. The molecule has 3 heterocycles. The fraction of sp³-hybridized carbons (Fsp3) is 0.250. The van der Waals surface area contributed by atoms with Crippen LogP contribution >= 0.6 is 0 Å². The third-order valence-electron chi connectivity index (χ3n) is 4.14. The molecule has 0 unspecified atom stereocenters. The van der Waals surface area contributed by atoms with Crippen molar-refractivity contribution in [1.29, 1.82) is 0 Å². The number of benzene rings is 1. The van der Waals surface area contributed by atoms with Crippen LogP contribution in [0.15, 0.2) is 30.6 Å². The zero-order chi connectivity index (χ0) is 15.1. The Morgan fingerprint density at radius 3 is 3.18 bits per heavy atom. The molecule has 1 aromatic carbocycles. The lowest BCUT2D eigenvalue weighted by Crippen LogP contribution is -2.36. The summed E-state index contributed by atoms with van der Waals surface area (Å²) < 4.78 is 5.34. The van der Waals surface area contributed by atoms with E-state index in [2.05, 4.69) is 15.0 Å². The number of methoxy groups -OCH3 is 1. The molecule has 0 saturated heterocycles. The average molecular weight is 296 g/mol. The van der Waals surface area contributed by atoms with E-state index in [1.54, 1.807) is 13.4 Å². The lowest BCUT2D eigenvalue weighted by Gasteiger charge is -2.25. The van der Waals surface area contributed by atoms with Crippen LogP contribution in [0.5, 0.6) is 5.75 Å². The Kier molecular flexibility index (Phi) is 2.89. The highest BCUT2D eigenvalue weighted by atomic mass is 16.5. The van der Waals surface area contributed by atoms with Crippen LogP contribution in [0.25, 0.3) is 10.9 Å². The van der Waals surface area contributed by atoms with Gasteiger partial charge in [-0.25, -0.2) is 4.98 Å². The second-order valence-electron chi connectivity index (χ2n) is 5.41. The van der Waals surface area contributed by atoms with Crippen LogP contribution in [0.1, 0.15) is 21.9 Å². The maximum absolute atomic E-state index is 12.7. The van der Waals surface area contributed by atoms with Crippen LogP contribution in [-0.2, 0) is 13.0 Å². The van der Waals surface area contributed by atoms with Crippen LogP contribution in [0.3, 0.4) is 0 Å². The summed E-state index contributed by atoms with van der Waals surface area (Å²) in [6.45, 7) is 1.25. The van der Waals surface area contributed by atoms with Crippen molar-refractivity contribution >= 4 is 16.8 Å². The smallest absolute Gasteiger partial charge is 0.270 e. The van der Waals surface area contributed by atoms with E-state index in [-0.39, 0.29) is 5.91 Å². The van der Waals surface area contributed by atoms with Crippen molar-refractivity contribution in [2.75, 3.05) is 13.7 Å². The topological polar surface area (TPSA) is 74.0 Å². The molecule has 6 heteroatoms. The minimum Gasteiger partial charge on any atom is -0.496 e. The zero-order valence-corrected chi connectivity index (χ0v) is 12.2. The van der Waals surface area contributed by atoms with E-state index in [0.717, 1.165) is 34.5 Å². The highest BCUT2D eigenvalue weighted by molar-refractivity contribution is 5.99. The molecule has 0 fully saturated rings. The van der Waals surface area contributed by atoms with Gasteiger partial charge in [0.15, 0.2) is 0 Å². The average Bonchev–Trinajstić information content (AvgIpc) is 3.19. The van der Waals surface area contributed by atoms with Crippen molar-refractivity contribution in [3.05, 3.63) is 47.7 Å². The highest BCUT2D eigenvalue weighted by Gasteiger charge is 2.24. The summed E-state index contributed by atoms with van der Waals surface area (Å²) in [5.74, 6) is 0.765. The van der Waals surface area contributed by atoms with Gasteiger partial charge in [-0.2, -0.15) is 0 Å². The summed E-state index contributed by atoms with van der Waals surface area (Å²) in [5, 5.41) is 0.924. The van der Waals surface area contributed by atoms with Gasteiger partial charge in [0.05, 0.1) is 31.4 Å². The van der Waals surface area contributed by atoms with Gasteiger partial charge in [0.2, 0.25) is 0 Å². The van der Waals surface area contributed by atoms with Crippen LogP contribution in [0, 0.1) is 0 Å². The summed E-state index contributed by atoms with van der Waals surface area (Å²) in [5.41, 5.74) is 3.57. The second kappa shape index (κ2) is 4.91. The Labute approximate surface area is 127 Å².